The van der Waals surface area contributed by atoms with Crippen LogP contribution in [0.25, 0.3) is 22.9 Å². The standard InChI is InChI=1S/C34H35N9O3/c1-23-10-16-32(43-22-35-40-41-43)26(18-23)13-17-33(44)37-29(19-24-8-6-5-7-9-24)30-20-28(31(39-38-30)21-42(2)3)25-11-14-27(15-12-25)36-34(45)46-4/h5-18,20,22,29H,19,21H2,1-4H3,(H,36,45)(H,37,44)/b17-13+/t29-/m0/s1. The number of tetrazole rings is 1. The summed E-state index contributed by atoms with van der Waals surface area (Å²) in [7, 11) is 5.25. The number of benzene rings is 3. The zero-order chi connectivity index (χ0) is 32.5. The van der Waals surface area contributed by atoms with Gasteiger partial charge in [0.25, 0.3) is 0 Å². The van der Waals surface area contributed by atoms with Crippen LogP contribution in [0.1, 0.15) is 34.1 Å². The number of rotatable bonds is 11. The van der Waals surface area contributed by atoms with E-state index in [9.17, 15) is 9.59 Å². The van der Waals surface area contributed by atoms with Crippen LogP contribution in [0.15, 0.2) is 91.3 Å². The molecule has 0 radical (unpaired) electrons. The van der Waals surface area contributed by atoms with Crippen molar-refractivity contribution in [2.75, 3.05) is 26.5 Å². The highest BCUT2D eigenvalue weighted by Crippen LogP contribution is 2.28. The summed E-state index contributed by atoms with van der Waals surface area (Å²) < 4.78 is 6.26. The van der Waals surface area contributed by atoms with Crippen molar-refractivity contribution in [3.63, 3.8) is 0 Å². The van der Waals surface area contributed by atoms with Gasteiger partial charge in [0.05, 0.1) is 30.2 Å². The third-order valence-electron chi connectivity index (χ3n) is 7.13. The molecule has 2 N–H and O–H groups in total. The van der Waals surface area contributed by atoms with E-state index in [1.165, 1.54) is 19.5 Å². The number of hydrogen-bond donors (Lipinski definition) is 2. The first-order valence-electron chi connectivity index (χ1n) is 14.6. The van der Waals surface area contributed by atoms with Crippen molar-refractivity contribution < 1.29 is 14.3 Å². The Hall–Kier alpha value is -5.75. The van der Waals surface area contributed by atoms with Gasteiger partial charge in [0, 0.05) is 29.4 Å². The molecule has 234 valence electrons. The van der Waals surface area contributed by atoms with Crippen molar-refractivity contribution in [2.24, 2.45) is 0 Å². The Balaban J connectivity index is 1.47. The highest BCUT2D eigenvalue weighted by Gasteiger charge is 2.20. The van der Waals surface area contributed by atoms with Crippen LogP contribution in [0.5, 0.6) is 0 Å². The van der Waals surface area contributed by atoms with E-state index in [4.69, 9.17) is 4.74 Å². The van der Waals surface area contributed by atoms with Crippen LogP contribution in [0.2, 0.25) is 0 Å². The zero-order valence-electron chi connectivity index (χ0n) is 26.1. The topological polar surface area (TPSA) is 140 Å². The summed E-state index contributed by atoms with van der Waals surface area (Å²) in [5.74, 6) is -0.288. The predicted molar refractivity (Wildman–Crippen MR) is 175 cm³/mol. The van der Waals surface area contributed by atoms with Crippen LogP contribution in [0.3, 0.4) is 0 Å². The minimum Gasteiger partial charge on any atom is -0.453 e. The Morgan fingerprint density at radius 3 is 2.48 bits per heavy atom. The van der Waals surface area contributed by atoms with Crippen molar-refractivity contribution >= 4 is 23.8 Å². The fraction of sp³-hybridized carbons (Fsp3) is 0.206. The number of anilines is 1. The fourth-order valence-corrected chi connectivity index (χ4v) is 4.92. The molecular weight excluding hydrogens is 582 g/mol. The van der Waals surface area contributed by atoms with Gasteiger partial charge in [-0.25, -0.2) is 4.79 Å². The maximum Gasteiger partial charge on any atom is 0.411 e. The molecule has 0 aliphatic rings. The zero-order valence-corrected chi connectivity index (χ0v) is 26.1. The second-order valence-corrected chi connectivity index (χ2v) is 11.0. The predicted octanol–water partition coefficient (Wildman–Crippen LogP) is 4.78. The molecule has 0 fully saturated rings. The smallest absolute Gasteiger partial charge is 0.411 e. The largest absolute Gasteiger partial charge is 0.453 e. The van der Waals surface area contributed by atoms with E-state index < -0.39 is 12.1 Å². The van der Waals surface area contributed by atoms with Crippen molar-refractivity contribution in [3.8, 4) is 16.8 Å². The van der Waals surface area contributed by atoms with Crippen LogP contribution in [0, 0.1) is 6.92 Å². The number of nitrogens with one attached hydrogen (secondary N) is 2. The number of aromatic nitrogens is 6. The fourth-order valence-electron chi connectivity index (χ4n) is 4.92. The van der Waals surface area contributed by atoms with E-state index in [0.29, 0.717) is 24.3 Å². The second-order valence-electron chi connectivity index (χ2n) is 11.0. The first-order valence-corrected chi connectivity index (χ1v) is 14.6. The summed E-state index contributed by atoms with van der Waals surface area (Å²) in [6.07, 6.45) is 4.72. The summed E-state index contributed by atoms with van der Waals surface area (Å²) >= 11 is 0. The number of aryl methyl sites for hydroxylation is 1. The summed E-state index contributed by atoms with van der Waals surface area (Å²) in [6, 6.07) is 24.7. The van der Waals surface area contributed by atoms with E-state index in [1.54, 1.807) is 22.9 Å². The van der Waals surface area contributed by atoms with Crippen LogP contribution >= 0.6 is 0 Å². The molecule has 12 heteroatoms. The van der Waals surface area contributed by atoms with E-state index in [2.05, 4.69) is 36.4 Å². The number of nitrogens with zero attached hydrogens (tertiary/aromatic N) is 7. The van der Waals surface area contributed by atoms with Crippen molar-refractivity contribution in [3.05, 3.63) is 119 Å². The van der Waals surface area contributed by atoms with Crippen molar-refractivity contribution in [2.45, 2.75) is 25.9 Å². The van der Waals surface area contributed by atoms with E-state index >= 15 is 0 Å². The first kappa shape index (κ1) is 31.7. The minimum absolute atomic E-state index is 0.288. The Labute approximate surface area is 267 Å². The lowest BCUT2D eigenvalue weighted by Gasteiger charge is -2.20. The summed E-state index contributed by atoms with van der Waals surface area (Å²) in [5.41, 5.74) is 7.38. The van der Waals surface area contributed by atoms with Gasteiger partial charge in [-0.3, -0.25) is 10.1 Å². The third-order valence-corrected chi connectivity index (χ3v) is 7.13. The van der Waals surface area contributed by atoms with Gasteiger partial charge in [-0.15, -0.1) is 5.10 Å². The second kappa shape index (κ2) is 14.8. The van der Waals surface area contributed by atoms with Crippen LogP contribution in [-0.4, -0.2) is 68.5 Å². The summed E-state index contributed by atoms with van der Waals surface area (Å²) in [6.45, 7) is 2.54. The highest BCUT2D eigenvalue weighted by molar-refractivity contribution is 5.92. The third kappa shape index (κ3) is 8.24. The molecule has 1 atom stereocenters. The Morgan fingerprint density at radius 1 is 1.00 bits per heavy atom. The number of amides is 2. The molecule has 0 aliphatic heterocycles. The van der Waals surface area contributed by atoms with Gasteiger partial charge in [0.1, 0.15) is 6.33 Å². The molecule has 0 saturated carbocycles. The highest BCUT2D eigenvalue weighted by atomic mass is 16.5. The van der Waals surface area contributed by atoms with Crippen LogP contribution < -0.4 is 10.6 Å². The Bertz CT molecular complexity index is 1810. The van der Waals surface area contributed by atoms with Gasteiger partial charge in [0.15, 0.2) is 0 Å². The molecule has 2 heterocycles. The van der Waals surface area contributed by atoms with E-state index in [0.717, 1.165) is 39.2 Å². The number of ether oxygens (including phenoxy) is 1. The minimum atomic E-state index is -0.545. The average molecular weight is 618 g/mol. The van der Waals surface area contributed by atoms with Gasteiger partial charge in [-0.1, -0.05) is 54.1 Å². The van der Waals surface area contributed by atoms with Crippen LogP contribution in [-0.2, 0) is 22.5 Å². The molecule has 5 aromatic rings. The van der Waals surface area contributed by atoms with Crippen LogP contribution in [0.4, 0.5) is 10.5 Å². The van der Waals surface area contributed by atoms with Gasteiger partial charge in [0.2, 0.25) is 5.91 Å². The van der Waals surface area contributed by atoms with E-state index in [1.807, 2.05) is 92.6 Å². The summed E-state index contributed by atoms with van der Waals surface area (Å²) in [5, 5.41) is 26.5. The monoisotopic (exact) mass is 617 g/mol. The Morgan fingerprint density at radius 2 is 1.78 bits per heavy atom. The maximum absolute atomic E-state index is 13.4. The molecule has 12 nitrogen and oxygen atoms in total. The lowest BCUT2D eigenvalue weighted by molar-refractivity contribution is -0.117. The molecule has 0 spiro atoms. The van der Waals surface area contributed by atoms with Gasteiger partial charge in [-0.05, 0) is 85.4 Å². The number of carbonyl (C=O) groups excluding carboxylic acids is 2. The maximum atomic E-state index is 13.4. The van der Waals surface area contributed by atoms with Gasteiger partial charge >= 0.3 is 6.09 Å². The molecular formula is C34H35N9O3. The molecule has 5 rings (SSSR count). The number of carbonyl (C=O) groups is 2. The Kier molecular flexibility index (Phi) is 10.2. The molecule has 0 saturated heterocycles. The molecule has 0 aliphatic carbocycles. The van der Waals surface area contributed by atoms with Crippen molar-refractivity contribution in [1.82, 2.24) is 40.6 Å². The molecule has 46 heavy (non-hydrogen) atoms. The number of methoxy groups -OCH3 is 1. The SMILES string of the molecule is COC(=O)Nc1ccc(-c2cc([C@H](Cc3ccccc3)NC(=O)/C=C/c3cc(C)ccc3-n3cnnn3)nnc2CN(C)C)cc1. The molecule has 0 unspecified atom stereocenters. The normalized spacial score (nSPS) is 11.8. The summed E-state index contributed by atoms with van der Waals surface area (Å²) in [4.78, 5) is 27.1. The lowest BCUT2D eigenvalue weighted by atomic mass is 9.98. The quantitative estimate of drug-likeness (QED) is 0.200. The lowest BCUT2D eigenvalue weighted by Crippen LogP contribution is -2.29. The van der Waals surface area contributed by atoms with E-state index in [-0.39, 0.29) is 5.91 Å². The average Bonchev–Trinajstić information content (AvgIpc) is 3.59. The van der Waals surface area contributed by atoms with Crippen molar-refractivity contribution in [1.29, 1.82) is 0 Å². The molecule has 0 bridgehead atoms. The molecule has 2 amide bonds. The molecule has 3 aromatic carbocycles. The molecule has 2 aromatic heterocycles. The first-order chi connectivity index (χ1) is 22.3. The number of hydrogen-bond acceptors (Lipinski definition) is 9. The van der Waals surface area contributed by atoms with Gasteiger partial charge in [-0.2, -0.15) is 14.9 Å². The van der Waals surface area contributed by atoms with Gasteiger partial charge < -0.3 is 15.0 Å².